The molecule has 10 heteroatoms. The number of hydrogen-bond donors (Lipinski definition) is 2. The van der Waals surface area contributed by atoms with Crippen molar-refractivity contribution in [2.75, 3.05) is 24.9 Å². The van der Waals surface area contributed by atoms with E-state index in [1.165, 1.54) is 31.6 Å². The van der Waals surface area contributed by atoms with Gasteiger partial charge >= 0.3 is 6.03 Å². The molecule has 33 heavy (non-hydrogen) atoms. The lowest BCUT2D eigenvalue weighted by atomic mass is 10.2. The second kappa shape index (κ2) is 9.58. The average molecular weight is 469 g/mol. The highest BCUT2D eigenvalue weighted by Gasteiger charge is 2.13. The zero-order valence-electron chi connectivity index (χ0n) is 17.6. The lowest BCUT2D eigenvalue weighted by molar-refractivity contribution is 0.262. The van der Waals surface area contributed by atoms with Crippen LogP contribution < -0.4 is 24.8 Å². The van der Waals surface area contributed by atoms with Crippen LogP contribution in [0.15, 0.2) is 60.9 Å². The van der Waals surface area contributed by atoms with E-state index in [-0.39, 0.29) is 5.02 Å². The number of halogens is 2. The molecule has 0 spiro atoms. The van der Waals surface area contributed by atoms with Gasteiger partial charge in [-0.15, -0.1) is 0 Å². The molecule has 1 heterocycles. The summed E-state index contributed by atoms with van der Waals surface area (Å²) in [5, 5.41) is 5.81. The molecule has 0 unspecified atom stereocenters. The summed E-state index contributed by atoms with van der Waals surface area (Å²) >= 11 is 5.74. The molecule has 0 aliphatic heterocycles. The molecule has 0 fully saturated rings. The number of anilines is 2. The lowest BCUT2D eigenvalue weighted by Gasteiger charge is -2.12. The van der Waals surface area contributed by atoms with E-state index in [4.69, 9.17) is 25.8 Å². The van der Waals surface area contributed by atoms with Gasteiger partial charge in [0.05, 0.1) is 30.1 Å². The molecule has 168 valence electrons. The molecule has 4 rings (SSSR count). The number of nitrogens with one attached hydrogen (secondary N) is 2. The van der Waals surface area contributed by atoms with Crippen LogP contribution in [0.3, 0.4) is 0 Å². The van der Waals surface area contributed by atoms with Crippen LogP contribution in [0.25, 0.3) is 10.9 Å². The Labute approximate surface area is 193 Å². The maximum atomic E-state index is 13.3. The summed E-state index contributed by atoms with van der Waals surface area (Å²) < 4.78 is 29.9. The fourth-order valence-electron chi connectivity index (χ4n) is 3.06. The fourth-order valence-corrected chi connectivity index (χ4v) is 3.24. The van der Waals surface area contributed by atoms with Crippen LogP contribution in [0.2, 0.25) is 5.02 Å². The van der Waals surface area contributed by atoms with E-state index in [2.05, 4.69) is 20.6 Å². The number of hydrogen-bond acceptors (Lipinski definition) is 6. The van der Waals surface area contributed by atoms with Crippen LogP contribution in [0.4, 0.5) is 20.6 Å². The number of urea groups is 1. The standard InChI is InChI=1S/C23H18ClFN4O4/c1-31-20-10-16-19(11-21(20)32-2)26-12-27-22(16)33-15-5-3-4-13(8-15)28-23(30)29-14-6-7-18(25)17(24)9-14/h3-12H,1-2H3,(H2,28,29,30). The second-order valence-corrected chi connectivity index (χ2v) is 7.15. The lowest BCUT2D eigenvalue weighted by Crippen LogP contribution is -2.19. The molecule has 1 aromatic heterocycles. The molecule has 0 saturated heterocycles. The second-order valence-electron chi connectivity index (χ2n) is 6.74. The van der Waals surface area contributed by atoms with Crippen LogP contribution in [-0.2, 0) is 0 Å². The highest BCUT2D eigenvalue weighted by Crippen LogP contribution is 2.36. The first kappa shape index (κ1) is 22.1. The SMILES string of the molecule is COc1cc2ncnc(Oc3cccc(NC(=O)Nc4ccc(F)c(Cl)c4)c3)c2cc1OC. The van der Waals surface area contributed by atoms with E-state index in [0.29, 0.717) is 45.4 Å². The predicted octanol–water partition coefficient (Wildman–Crippen LogP) is 5.88. The monoisotopic (exact) mass is 468 g/mol. The van der Waals surface area contributed by atoms with Crippen molar-refractivity contribution in [2.24, 2.45) is 0 Å². The van der Waals surface area contributed by atoms with E-state index in [1.54, 1.807) is 43.5 Å². The number of benzene rings is 3. The summed E-state index contributed by atoms with van der Waals surface area (Å²) in [4.78, 5) is 20.8. The van der Waals surface area contributed by atoms with Crippen molar-refractivity contribution in [1.29, 1.82) is 0 Å². The summed E-state index contributed by atoms with van der Waals surface area (Å²) in [6.45, 7) is 0. The summed E-state index contributed by atoms with van der Waals surface area (Å²) in [6, 6.07) is 13.6. The minimum atomic E-state index is -0.569. The summed E-state index contributed by atoms with van der Waals surface area (Å²) in [7, 11) is 3.08. The van der Waals surface area contributed by atoms with Crippen molar-refractivity contribution in [3.8, 4) is 23.1 Å². The molecular formula is C23H18ClFN4O4. The maximum Gasteiger partial charge on any atom is 0.323 e. The Bertz CT molecular complexity index is 1340. The Kier molecular flexibility index (Phi) is 6.41. The Morgan fingerprint density at radius 2 is 1.67 bits per heavy atom. The number of carbonyl (C=O) groups excluding carboxylic acids is 1. The van der Waals surface area contributed by atoms with Gasteiger partial charge in [0.15, 0.2) is 11.5 Å². The quantitative estimate of drug-likeness (QED) is 0.367. The Morgan fingerprint density at radius 1 is 0.939 bits per heavy atom. The Hall–Kier alpha value is -4.11. The number of carbonyl (C=O) groups is 1. The zero-order valence-corrected chi connectivity index (χ0v) is 18.3. The number of methoxy groups -OCH3 is 2. The number of amides is 2. The van der Waals surface area contributed by atoms with E-state index in [1.807, 2.05) is 0 Å². The third-order valence-electron chi connectivity index (χ3n) is 4.59. The smallest absolute Gasteiger partial charge is 0.323 e. The van der Waals surface area contributed by atoms with Gasteiger partial charge in [-0.3, -0.25) is 0 Å². The first-order valence-electron chi connectivity index (χ1n) is 9.64. The molecule has 2 amide bonds. The number of aromatic nitrogens is 2. The van der Waals surface area contributed by atoms with Crippen molar-refractivity contribution in [3.63, 3.8) is 0 Å². The molecule has 0 saturated carbocycles. The predicted molar refractivity (Wildman–Crippen MR) is 123 cm³/mol. The molecular weight excluding hydrogens is 451 g/mol. The molecule has 3 aromatic carbocycles. The summed E-state index contributed by atoms with van der Waals surface area (Å²) in [6.07, 6.45) is 1.38. The highest BCUT2D eigenvalue weighted by molar-refractivity contribution is 6.31. The molecule has 0 radical (unpaired) electrons. The molecule has 4 aromatic rings. The number of ether oxygens (including phenoxy) is 3. The number of nitrogens with zero attached hydrogens (tertiary/aromatic N) is 2. The van der Waals surface area contributed by atoms with Crippen LogP contribution in [0, 0.1) is 5.82 Å². The largest absolute Gasteiger partial charge is 0.493 e. The minimum Gasteiger partial charge on any atom is -0.493 e. The van der Waals surface area contributed by atoms with Gasteiger partial charge in [-0.05, 0) is 36.4 Å². The maximum absolute atomic E-state index is 13.3. The van der Waals surface area contributed by atoms with Gasteiger partial charge < -0.3 is 24.8 Å². The molecule has 2 N–H and O–H groups in total. The van der Waals surface area contributed by atoms with Gasteiger partial charge in [0, 0.05) is 23.5 Å². The first-order chi connectivity index (χ1) is 16.0. The average Bonchev–Trinajstić information content (AvgIpc) is 2.81. The topological polar surface area (TPSA) is 94.6 Å². The van der Waals surface area contributed by atoms with Crippen LogP contribution in [0.5, 0.6) is 23.1 Å². The number of fused-ring (bicyclic) bond motifs is 1. The molecule has 0 bridgehead atoms. The fraction of sp³-hybridized carbons (Fsp3) is 0.0870. The van der Waals surface area contributed by atoms with Gasteiger partial charge in [0.1, 0.15) is 17.9 Å². The van der Waals surface area contributed by atoms with Crippen molar-refractivity contribution in [3.05, 3.63) is 71.8 Å². The third-order valence-corrected chi connectivity index (χ3v) is 4.88. The van der Waals surface area contributed by atoms with Crippen molar-refractivity contribution < 1.29 is 23.4 Å². The van der Waals surface area contributed by atoms with Gasteiger partial charge in [-0.2, -0.15) is 0 Å². The highest BCUT2D eigenvalue weighted by atomic mass is 35.5. The minimum absolute atomic E-state index is 0.0884. The molecule has 0 aliphatic carbocycles. The van der Waals surface area contributed by atoms with Crippen molar-refractivity contribution >= 4 is 39.9 Å². The number of rotatable bonds is 6. The van der Waals surface area contributed by atoms with Gasteiger partial charge in [0.25, 0.3) is 0 Å². The van der Waals surface area contributed by atoms with Crippen molar-refractivity contribution in [2.45, 2.75) is 0 Å². The molecule has 0 aliphatic rings. The first-order valence-corrected chi connectivity index (χ1v) is 10.0. The normalized spacial score (nSPS) is 10.5. The zero-order chi connectivity index (χ0) is 23.4. The van der Waals surface area contributed by atoms with E-state index in [9.17, 15) is 9.18 Å². The van der Waals surface area contributed by atoms with Crippen LogP contribution in [0.1, 0.15) is 0 Å². The van der Waals surface area contributed by atoms with Crippen LogP contribution in [-0.4, -0.2) is 30.2 Å². The van der Waals surface area contributed by atoms with Crippen molar-refractivity contribution in [1.82, 2.24) is 9.97 Å². The van der Waals surface area contributed by atoms with Gasteiger partial charge in [0.2, 0.25) is 5.88 Å². The third kappa shape index (κ3) is 5.04. The molecule has 8 nitrogen and oxygen atoms in total. The Morgan fingerprint density at radius 3 is 2.39 bits per heavy atom. The summed E-state index contributed by atoms with van der Waals surface area (Å²) in [5.41, 5.74) is 1.43. The van der Waals surface area contributed by atoms with Gasteiger partial charge in [-0.25, -0.2) is 19.2 Å². The van der Waals surface area contributed by atoms with Gasteiger partial charge in [-0.1, -0.05) is 17.7 Å². The van der Waals surface area contributed by atoms with E-state index >= 15 is 0 Å². The summed E-state index contributed by atoms with van der Waals surface area (Å²) in [5.74, 6) is 1.23. The Balaban J connectivity index is 1.53. The van der Waals surface area contributed by atoms with Crippen LogP contribution >= 0.6 is 11.6 Å². The molecule has 0 atom stereocenters. The van der Waals surface area contributed by atoms with E-state index in [0.717, 1.165) is 0 Å². The van der Waals surface area contributed by atoms with E-state index < -0.39 is 11.8 Å².